The summed E-state index contributed by atoms with van der Waals surface area (Å²) in [7, 11) is 1.50. The highest BCUT2D eigenvalue weighted by Gasteiger charge is 2.31. The van der Waals surface area contributed by atoms with Gasteiger partial charge < -0.3 is 19.5 Å². The van der Waals surface area contributed by atoms with Crippen molar-refractivity contribution in [2.45, 2.75) is 19.4 Å². The van der Waals surface area contributed by atoms with Crippen molar-refractivity contribution in [3.63, 3.8) is 0 Å². The lowest BCUT2D eigenvalue weighted by atomic mass is 10.1. The monoisotopic (exact) mass is 434 g/mol. The highest BCUT2D eigenvalue weighted by atomic mass is 19.4. The van der Waals surface area contributed by atoms with Crippen LogP contribution >= 0.6 is 0 Å². The summed E-state index contributed by atoms with van der Waals surface area (Å²) in [6.07, 6.45) is -4.80. The smallest absolute Gasteiger partial charge is 0.497 e. The van der Waals surface area contributed by atoms with Gasteiger partial charge in [0.2, 0.25) is 0 Å². The molecule has 0 aliphatic rings. The third-order valence-corrected chi connectivity index (χ3v) is 3.78. The first-order chi connectivity index (χ1) is 14.6. The van der Waals surface area contributed by atoms with Crippen molar-refractivity contribution >= 4 is 23.6 Å². The van der Waals surface area contributed by atoms with E-state index in [-0.39, 0.29) is 11.3 Å². The average Bonchev–Trinajstić information content (AvgIpc) is 2.72. The molecule has 7 nitrogen and oxygen atoms in total. The Morgan fingerprint density at radius 2 is 1.65 bits per heavy atom. The first-order valence-electron chi connectivity index (χ1n) is 8.75. The fourth-order valence-corrected chi connectivity index (χ4v) is 2.27. The van der Waals surface area contributed by atoms with Crippen LogP contribution in [0.2, 0.25) is 0 Å². The lowest BCUT2D eigenvalue weighted by Crippen LogP contribution is -2.30. The molecule has 0 aliphatic heterocycles. The van der Waals surface area contributed by atoms with E-state index in [1.807, 2.05) is 0 Å². The van der Waals surface area contributed by atoms with Gasteiger partial charge in [-0.2, -0.15) is 5.26 Å². The Morgan fingerprint density at radius 1 is 1.06 bits per heavy atom. The van der Waals surface area contributed by atoms with E-state index in [0.29, 0.717) is 11.3 Å². The van der Waals surface area contributed by atoms with Gasteiger partial charge in [0.05, 0.1) is 7.11 Å². The van der Waals surface area contributed by atoms with Crippen LogP contribution in [-0.2, 0) is 14.3 Å². The molecule has 10 heteroatoms. The van der Waals surface area contributed by atoms with Crippen molar-refractivity contribution in [1.82, 2.24) is 0 Å². The molecule has 2 rings (SSSR count). The molecule has 1 amide bonds. The normalized spacial score (nSPS) is 12.3. The van der Waals surface area contributed by atoms with Crippen LogP contribution in [0.4, 0.5) is 18.9 Å². The van der Waals surface area contributed by atoms with Crippen molar-refractivity contribution in [3.8, 4) is 17.6 Å². The van der Waals surface area contributed by atoms with Crippen molar-refractivity contribution in [3.05, 3.63) is 59.7 Å². The number of amides is 1. The summed E-state index contributed by atoms with van der Waals surface area (Å²) in [6, 6.07) is 12.7. The number of hydrogen-bond acceptors (Lipinski definition) is 6. The highest BCUT2D eigenvalue weighted by Crippen LogP contribution is 2.24. The number of carbonyl (C=O) groups is 2. The zero-order valence-electron chi connectivity index (χ0n) is 16.4. The number of anilines is 1. The second kappa shape index (κ2) is 10.2. The van der Waals surface area contributed by atoms with E-state index >= 15 is 0 Å². The lowest BCUT2D eigenvalue weighted by molar-refractivity contribution is -0.274. The minimum absolute atomic E-state index is 0.164. The molecule has 1 unspecified atom stereocenters. The molecule has 0 saturated heterocycles. The summed E-state index contributed by atoms with van der Waals surface area (Å²) in [5, 5.41) is 11.6. The summed E-state index contributed by atoms with van der Waals surface area (Å²) in [5.74, 6) is -1.59. The number of esters is 1. The summed E-state index contributed by atoms with van der Waals surface area (Å²) in [6.45, 7) is 1.29. The quantitative estimate of drug-likeness (QED) is 0.401. The first kappa shape index (κ1) is 23.3. The minimum atomic E-state index is -4.83. The molecule has 2 aromatic carbocycles. The number of carbonyl (C=O) groups excluding carboxylic acids is 2. The Balaban J connectivity index is 1.98. The number of benzene rings is 2. The molecule has 2 aromatic rings. The third-order valence-electron chi connectivity index (χ3n) is 3.78. The summed E-state index contributed by atoms with van der Waals surface area (Å²) >= 11 is 0. The molecule has 0 fully saturated rings. The Bertz CT molecular complexity index is 994. The van der Waals surface area contributed by atoms with Gasteiger partial charge in [0, 0.05) is 5.69 Å². The number of nitrogens with zero attached hydrogens (tertiary/aromatic N) is 1. The predicted molar refractivity (Wildman–Crippen MR) is 104 cm³/mol. The van der Waals surface area contributed by atoms with Gasteiger partial charge in [-0.25, -0.2) is 4.79 Å². The first-order valence-corrected chi connectivity index (χ1v) is 8.75. The van der Waals surface area contributed by atoms with Crippen LogP contribution in [0.5, 0.6) is 11.5 Å². The van der Waals surface area contributed by atoms with Gasteiger partial charge in [-0.15, -0.1) is 13.2 Å². The largest absolute Gasteiger partial charge is 0.573 e. The third kappa shape index (κ3) is 7.40. The Morgan fingerprint density at radius 3 is 2.16 bits per heavy atom. The van der Waals surface area contributed by atoms with E-state index in [1.54, 1.807) is 30.3 Å². The minimum Gasteiger partial charge on any atom is -0.497 e. The molecule has 0 bridgehead atoms. The topological polar surface area (TPSA) is 97.6 Å². The average molecular weight is 434 g/mol. The summed E-state index contributed by atoms with van der Waals surface area (Å²) < 4.78 is 50.3. The second-order valence-corrected chi connectivity index (χ2v) is 6.05. The summed E-state index contributed by atoms with van der Waals surface area (Å²) in [4.78, 5) is 24.4. The van der Waals surface area contributed by atoms with Gasteiger partial charge in [0.1, 0.15) is 23.1 Å². The highest BCUT2D eigenvalue weighted by molar-refractivity contribution is 6.01. The Hall–Kier alpha value is -4.00. The fourth-order valence-electron chi connectivity index (χ4n) is 2.27. The number of rotatable bonds is 7. The van der Waals surface area contributed by atoms with E-state index in [2.05, 4.69) is 10.1 Å². The van der Waals surface area contributed by atoms with Gasteiger partial charge in [0.15, 0.2) is 6.10 Å². The molecule has 0 saturated carbocycles. The number of alkyl halides is 3. The molecular formula is C21H17F3N2O5. The standard InChI is InChI=1S/C21H17F3N2O5/c1-13(19(27)26-16-5-9-18(10-6-16)31-21(22,23)24)30-20(28)15(12-25)11-14-3-7-17(29-2)8-4-14/h3-11,13H,1-2H3,(H,26,27)/b15-11+. The predicted octanol–water partition coefficient (Wildman–Crippen LogP) is 4.07. The molecular weight excluding hydrogens is 417 g/mol. The number of ether oxygens (including phenoxy) is 3. The number of halogens is 3. The van der Waals surface area contributed by atoms with Gasteiger partial charge in [0.25, 0.3) is 5.91 Å². The zero-order valence-corrected chi connectivity index (χ0v) is 16.4. The van der Waals surface area contributed by atoms with Crippen LogP contribution in [-0.4, -0.2) is 31.5 Å². The van der Waals surface area contributed by atoms with E-state index in [1.165, 1.54) is 32.2 Å². The van der Waals surface area contributed by atoms with Gasteiger partial charge in [-0.1, -0.05) is 12.1 Å². The lowest BCUT2D eigenvalue weighted by Gasteiger charge is -2.14. The van der Waals surface area contributed by atoms with Crippen molar-refractivity contribution in [1.29, 1.82) is 5.26 Å². The van der Waals surface area contributed by atoms with Crippen LogP contribution in [0.25, 0.3) is 6.08 Å². The molecule has 0 radical (unpaired) electrons. The number of nitriles is 1. The number of nitrogens with one attached hydrogen (secondary N) is 1. The Labute approximate surface area is 175 Å². The van der Waals surface area contributed by atoms with Gasteiger partial charge >= 0.3 is 12.3 Å². The second-order valence-electron chi connectivity index (χ2n) is 6.05. The zero-order chi connectivity index (χ0) is 23.0. The SMILES string of the molecule is COc1ccc(/C=C(\C#N)C(=O)OC(C)C(=O)Nc2ccc(OC(F)(F)F)cc2)cc1. The maximum Gasteiger partial charge on any atom is 0.573 e. The van der Waals surface area contributed by atoms with Crippen molar-refractivity contribution < 1.29 is 37.0 Å². The van der Waals surface area contributed by atoms with Crippen LogP contribution in [0.1, 0.15) is 12.5 Å². The molecule has 0 spiro atoms. The van der Waals surface area contributed by atoms with E-state index in [0.717, 1.165) is 12.1 Å². The molecule has 1 N–H and O–H groups in total. The van der Waals surface area contributed by atoms with Gasteiger partial charge in [-0.05, 0) is 55.0 Å². The Kier molecular flexibility index (Phi) is 7.63. The molecule has 0 heterocycles. The van der Waals surface area contributed by atoms with Crippen LogP contribution < -0.4 is 14.8 Å². The van der Waals surface area contributed by atoms with E-state index in [4.69, 9.17) is 9.47 Å². The van der Waals surface area contributed by atoms with Crippen LogP contribution in [0.3, 0.4) is 0 Å². The maximum absolute atomic E-state index is 12.2. The number of methoxy groups -OCH3 is 1. The number of hydrogen-bond donors (Lipinski definition) is 1. The van der Waals surface area contributed by atoms with Crippen LogP contribution in [0, 0.1) is 11.3 Å². The van der Waals surface area contributed by atoms with Crippen molar-refractivity contribution in [2.24, 2.45) is 0 Å². The van der Waals surface area contributed by atoms with Crippen LogP contribution in [0.15, 0.2) is 54.1 Å². The molecule has 0 aromatic heterocycles. The van der Waals surface area contributed by atoms with E-state index < -0.39 is 30.1 Å². The molecule has 162 valence electrons. The maximum atomic E-state index is 12.2. The van der Waals surface area contributed by atoms with Crippen molar-refractivity contribution in [2.75, 3.05) is 12.4 Å². The molecule has 31 heavy (non-hydrogen) atoms. The van der Waals surface area contributed by atoms with Gasteiger partial charge in [-0.3, -0.25) is 4.79 Å². The molecule has 1 atom stereocenters. The summed E-state index contributed by atoms with van der Waals surface area (Å²) in [5.41, 5.74) is 0.391. The molecule has 0 aliphatic carbocycles. The fraction of sp³-hybridized carbons (Fsp3) is 0.190. The van der Waals surface area contributed by atoms with E-state index in [9.17, 15) is 28.0 Å².